The summed E-state index contributed by atoms with van der Waals surface area (Å²) in [7, 11) is 0. The number of hydrogen-bond acceptors (Lipinski definition) is 2. The summed E-state index contributed by atoms with van der Waals surface area (Å²) in [6.45, 7) is 0.762. The van der Waals surface area contributed by atoms with E-state index in [1.165, 1.54) is 11.1 Å². The van der Waals surface area contributed by atoms with Gasteiger partial charge in [-0.25, -0.2) is 4.79 Å². The van der Waals surface area contributed by atoms with Crippen molar-refractivity contribution in [3.63, 3.8) is 0 Å². The molecule has 1 aliphatic heterocycles. The molecule has 1 heterocycles. The van der Waals surface area contributed by atoms with E-state index in [1.54, 1.807) is 0 Å². The molecule has 108 valence electrons. The number of benzene rings is 2. The van der Waals surface area contributed by atoms with Crippen LogP contribution in [-0.2, 0) is 16.8 Å². The van der Waals surface area contributed by atoms with Crippen LogP contribution in [0.15, 0.2) is 54.6 Å². The zero-order valence-corrected chi connectivity index (χ0v) is 11.9. The first-order valence-electron chi connectivity index (χ1n) is 7.32. The molecule has 2 N–H and O–H groups in total. The van der Waals surface area contributed by atoms with Crippen LogP contribution in [0.5, 0.6) is 0 Å². The molecule has 0 bridgehead atoms. The minimum Gasteiger partial charge on any atom is -0.480 e. The molecule has 0 saturated carbocycles. The van der Waals surface area contributed by atoms with Crippen molar-refractivity contribution >= 4 is 5.97 Å². The summed E-state index contributed by atoms with van der Waals surface area (Å²) in [6, 6.07) is 18.2. The third-order valence-corrected chi connectivity index (χ3v) is 4.22. The van der Waals surface area contributed by atoms with E-state index in [0.29, 0.717) is 6.42 Å². The van der Waals surface area contributed by atoms with Crippen LogP contribution in [-0.4, -0.2) is 17.6 Å². The van der Waals surface area contributed by atoms with E-state index in [0.717, 1.165) is 24.9 Å². The molecule has 21 heavy (non-hydrogen) atoms. The van der Waals surface area contributed by atoms with Crippen molar-refractivity contribution in [2.45, 2.75) is 24.8 Å². The number of hydrogen-bond donors (Lipinski definition) is 2. The predicted octanol–water partition coefficient (Wildman–Crippen LogP) is 2.94. The molecule has 1 aliphatic rings. The molecular weight excluding hydrogens is 262 g/mol. The van der Waals surface area contributed by atoms with Gasteiger partial charge >= 0.3 is 5.97 Å². The second-order valence-corrected chi connectivity index (χ2v) is 5.60. The number of aliphatic carboxylic acids is 1. The number of carboxylic acid groups (broad SMARTS) is 1. The van der Waals surface area contributed by atoms with Gasteiger partial charge in [-0.3, -0.25) is 5.32 Å². The summed E-state index contributed by atoms with van der Waals surface area (Å²) in [5.74, 6) is -0.782. The maximum atomic E-state index is 11.6. The number of carboxylic acids is 1. The lowest BCUT2D eigenvalue weighted by Crippen LogP contribution is -2.44. The molecule has 3 nitrogen and oxygen atoms in total. The van der Waals surface area contributed by atoms with E-state index in [1.807, 2.05) is 42.5 Å². The van der Waals surface area contributed by atoms with Crippen molar-refractivity contribution in [3.8, 4) is 0 Å². The molecule has 0 aliphatic carbocycles. The molecule has 1 fully saturated rings. The normalized spacial score (nSPS) is 21.3. The van der Waals surface area contributed by atoms with Gasteiger partial charge in [-0.2, -0.15) is 0 Å². The molecule has 0 unspecified atom stereocenters. The molecule has 0 radical (unpaired) electrons. The van der Waals surface area contributed by atoms with Gasteiger partial charge in [0, 0.05) is 0 Å². The maximum Gasteiger partial charge on any atom is 0.328 e. The summed E-state index contributed by atoms with van der Waals surface area (Å²) in [5.41, 5.74) is 2.41. The highest BCUT2D eigenvalue weighted by Gasteiger charge is 2.42. The molecule has 1 atom stereocenters. The highest BCUT2D eigenvalue weighted by atomic mass is 16.4. The van der Waals surface area contributed by atoms with E-state index < -0.39 is 11.5 Å². The second-order valence-electron chi connectivity index (χ2n) is 5.60. The van der Waals surface area contributed by atoms with Crippen LogP contribution in [0.2, 0.25) is 0 Å². The lowest BCUT2D eigenvalue weighted by molar-refractivity contribution is -0.144. The predicted molar refractivity (Wildman–Crippen MR) is 82.2 cm³/mol. The molecule has 2 aromatic carbocycles. The highest BCUT2D eigenvalue weighted by Crippen LogP contribution is 2.31. The van der Waals surface area contributed by atoms with Crippen molar-refractivity contribution in [2.24, 2.45) is 0 Å². The van der Waals surface area contributed by atoms with Gasteiger partial charge in [0.1, 0.15) is 5.54 Å². The third-order valence-electron chi connectivity index (χ3n) is 4.22. The van der Waals surface area contributed by atoms with Crippen molar-refractivity contribution in [1.29, 1.82) is 0 Å². The molecule has 0 amide bonds. The van der Waals surface area contributed by atoms with Crippen molar-refractivity contribution in [3.05, 3.63) is 71.3 Å². The highest BCUT2D eigenvalue weighted by molar-refractivity contribution is 5.81. The number of carbonyl (C=O) groups is 1. The fraction of sp³-hybridized carbons (Fsp3) is 0.278. The topological polar surface area (TPSA) is 49.3 Å². The Labute approximate surface area is 124 Å². The molecular formula is C18H19NO2. The first kappa shape index (κ1) is 13.8. The molecule has 0 spiro atoms. The smallest absolute Gasteiger partial charge is 0.328 e. The Morgan fingerprint density at radius 2 is 1.71 bits per heavy atom. The van der Waals surface area contributed by atoms with Crippen molar-refractivity contribution in [2.75, 3.05) is 6.54 Å². The Morgan fingerprint density at radius 3 is 2.29 bits per heavy atom. The minimum atomic E-state index is -0.898. The van der Waals surface area contributed by atoms with Crippen LogP contribution in [0.25, 0.3) is 0 Å². The van der Waals surface area contributed by atoms with E-state index in [4.69, 9.17) is 0 Å². The van der Waals surface area contributed by atoms with Gasteiger partial charge in [-0.05, 0) is 42.5 Å². The Bertz CT molecular complexity index is 613. The second kappa shape index (κ2) is 5.70. The molecule has 2 aromatic rings. The number of rotatable bonds is 4. The summed E-state index contributed by atoms with van der Waals surface area (Å²) in [5, 5.41) is 12.7. The van der Waals surface area contributed by atoms with Crippen LogP contribution in [0.3, 0.4) is 0 Å². The van der Waals surface area contributed by atoms with Crippen LogP contribution in [0.1, 0.15) is 29.5 Å². The van der Waals surface area contributed by atoms with Crippen LogP contribution < -0.4 is 5.32 Å². The zero-order chi connectivity index (χ0) is 14.7. The quantitative estimate of drug-likeness (QED) is 0.906. The lowest BCUT2D eigenvalue weighted by Gasteiger charge is -2.25. The van der Waals surface area contributed by atoms with Crippen molar-refractivity contribution < 1.29 is 9.90 Å². The summed E-state index contributed by atoms with van der Waals surface area (Å²) >= 11 is 0. The Balaban J connectivity index is 1.82. The summed E-state index contributed by atoms with van der Waals surface area (Å²) in [6.07, 6.45) is 2.42. The molecule has 0 aromatic heterocycles. The average molecular weight is 281 g/mol. The SMILES string of the molecule is O=C(O)[C@]1(c2ccc(Cc3ccccc3)cc2)CCCN1. The van der Waals surface area contributed by atoms with E-state index >= 15 is 0 Å². The summed E-state index contributed by atoms with van der Waals surface area (Å²) < 4.78 is 0. The van der Waals surface area contributed by atoms with E-state index in [9.17, 15) is 9.90 Å². The zero-order valence-electron chi connectivity index (χ0n) is 11.9. The molecule has 1 saturated heterocycles. The van der Waals surface area contributed by atoms with Crippen LogP contribution in [0, 0.1) is 0 Å². The van der Waals surface area contributed by atoms with E-state index in [-0.39, 0.29) is 0 Å². The van der Waals surface area contributed by atoms with Crippen LogP contribution in [0.4, 0.5) is 0 Å². The van der Waals surface area contributed by atoms with Gasteiger partial charge in [0.25, 0.3) is 0 Å². The van der Waals surface area contributed by atoms with E-state index in [2.05, 4.69) is 17.4 Å². The average Bonchev–Trinajstić information content (AvgIpc) is 3.00. The monoisotopic (exact) mass is 281 g/mol. The largest absolute Gasteiger partial charge is 0.480 e. The first-order valence-corrected chi connectivity index (χ1v) is 7.32. The summed E-state index contributed by atoms with van der Waals surface area (Å²) in [4.78, 5) is 11.6. The van der Waals surface area contributed by atoms with Crippen molar-refractivity contribution in [1.82, 2.24) is 5.32 Å². The van der Waals surface area contributed by atoms with Gasteiger partial charge in [0.2, 0.25) is 0 Å². The Hall–Kier alpha value is -2.13. The van der Waals surface area contributed by atoms with Gasteiger partial charge in [-0.15, -0.1) is 0 Å². The van der Waals surface area contributed by atoms with Gasteiger partial charge in [-0.1, -0.05) is 54.6 Å². The fourth-order valence-corrected chi connectivity index (χ4v) is 3.03. The number of nitrogens with one attached hydrogen (secondary N) is 1. The standard InChI is InChI=1S/C18H19NO2/c20-17(21)18(11-4-12-19-18)16-9-7-15(8-10-16)13-14-5-2-1-3-6-14/h1-3,5-10,19H,4,11-13H2,(H,20,21)/t18-/m1/s1. The third kappa shape index (κ3) is 2.69. The van der Waals surface area contributed by atoms with Gasteiger partial charge in [0.15, 0.2) is 0 Å². The fourth-order valence-electron chi connectivity index (χ4n) is 3.03. The maximum absolute atomic E-state index is 11.6. The molecule has 3 heteroatoms. The van der Waals surface area contributed by atoms with Gasteiger partial charge < -0.3 is 5.11 Å². The Kier molecular flexibility index (Phi) is 3.76. The van der Waals surface area contributed by atoms with Crippen LogP contribution >= 0.6 is 0 Å². The Morgan fingerprint density at radius 1 is 1.05 bits per heavy atom. The van der Waals surface area contributed by atoms with Gasteiger partial charge in [0.05, 0.1) is 0 Å². The first-order chi connectivity index (χ1) is 10.2. The molecule has 3 rings (SSSR count). The minimum absolute atomic E-state index is 0.653. The lowest BCUT2D eigenvalue weighted by atomic mass is 9.87.